The monoisotopic (exact) mass is 388 g/mol. The summed E-state index contributed by atoms with van der Waals surface area (Å²) < 4.78 is 1.86. The quantitative estimate of drug-likeness (QED) is 0.649. The molecule has 29 heavy (non-hydrogen) atoms. The fourth-order valence-corrected chi connectivity index (χ4v) is 3.30. The highest BCUT2D eigenvalue weighted by Crippen LogP contribution is 2.20. The fourth-order valence-electron chi connectivity index (χ4n) is 3.30. The van der Waals surface area contributed by atoms with Crippen LogP contribution >= 0.6 is 0 Å². The lowest BCUT2D eigenvalue weighted by Crippen LogP contribution is -2.25. The van der Waals surface area contributed by atoms with Gasteiger partial charge in [0, 0.05) is 17.3 Å². The second kappa shape index (κ2) is 8.31. The van der Waals surface area contributed by atoms with Crippen LogP contribution in [0.2, 0.25) is 0 Å². The summed E-state index contributed by atoms with van der Waals surface area (Å²) in [7, 11) is 0. The van der Waals surface area contributed by atoms with Gasteiger partial charge in [-0.2, -0.15) is 5.10 Å². The molecule has 148 valence electrons. The van der Waals surface area contributed by atoms with Crippen molar-refractivity contribution < 1.29 is 9.59 Å². The minimum absolute atomic E-state index is 0.103. The van der Waals surface area contributed by atoms with Gasteiger partial charge in [-0.25, -0.2) is 0 Å². The summed E-state index contributed by atoms with van der Waals surface area (Å²) in [6.45, 7) is 2.63. The average molecular weight is 388 g/mol. The van der Waals surface area contributed by atoms with Crippen LogP contribution in [0.5, 0.6) is 0 Å². The van der Waals surface area contributed by atoms with E-state index < -0.39 is 0 Å². The maximum Gasteiger partial charge on any atom is 0.259 e. The number of amides is 2. The Hall–Kier alpha value is -3.41. The van der Waals surface area contributed by atoms with Crippen LogP contribution in [0, 0.1) is 0 Å². The molecule has 1 aliphatic carbocycles. The predicted molar refractivity (Wildman–Crippen MR) is 112 cm³/mol. The van der Waals surface area contributed by atoms with E-state index >= 15 is 0 Å². The topological polar surface area (TPSA) is 76.0 Å². The van der Waals surface area contributed by atoms with Crippen LogP contribution in [0.1, 0.15) is 51.7 Å². The van der Waals surface area contributed by atoms with Gasteiger partial charge >= 0.3 is 0 Å². The van der Waals surface area contributed by atoms with Gasteiger partial charge in [-0.15, -0.1) is 0 Å². The number of nitrogens with zero attached hydrogens (tertiary/aromatic N) is 2. The van der Waals surface area contributed by atoms with Crippen LogP contribution in [-0.2, 0) is 13.0 Å². The molecule has 1 saturated carbocycles. The molecule has 1 aliphatic rings. The number of hydrogen-bond donors (Lipinski definition) is 2. The van der Waals surface area contributed by atoms with Crippen molar-refractivity contribution in [1.82, 2.24) is 15.1 Å². The van der Waals surface area contributed by atoms with Crippen molar-refractivity contribution in [3.63, 3.8) is 0 Å². The SMILES string of the molecule is CCc1c(C(=O)Nc2cccc(C(=O)NC3CC3)c2)cnn1Cc1ccccc1. The number of nitrogens with one attached hydrogen (secondary N) is 2. The van der Waals surface area contributed by atoms with E-state index in [1.807, 2.05) is 41.9 Å². The van der Waals surface area contributed by atoms with E-state index in [1.54, 1.807) is 30.5 Å². The average Bonchev–Trinajstić information content (AvgIpc) is 3.46. The zero-order valence-electron chi connectivity index (χ0n) is 16.4. The van der Waals surface area contributed by atoms with Crippen molar-refractivity contribution in [3.8, 4) is 0 Å². The van der Waals surface area contributed by atoms with Crippen LogP contribution < -0.4 is 10.6 Å². The van der Waals surface area contributed by atoms with Gasteiger partial charge in [0.2, 0.25) is 0 Å². The molecule has 0 aliphatic heterocycles. The summed E-state index contributed by atoms with van der Waals surface area (Å²) in [6.07, 6.45) is 4.38. The van der Waals surface area contributed by atoms with Gasteiger partial charge in [-0.3, -0.25) is 14.3 Å². The van der Waals surface area contributed by atoms with Crippen molar-refractivity contribution in [3.05, 3.63) is 83.2 Å². The smallest absolute Gasteiger partial charge is 0.259 e. The molecular weight excluding hydrogens is 364 g/mol. The Morgan fingerprint density at radius 2 is 1.86 bits per heavy atom. The Morgan fingerprint density at radius 3 is 2.59 bits per heavy atom. The first-order chi connectivity index (χ1) is 14.1. The highest BCUT2D eigenvalue weighted by Gasteiger charge is 2.24. The van der Waals surface area contributed by atoms with Crippen LogP contribution in [0.25, 0.3) is 0 Å². The normalized spacial score (nSPS) is 13.1. The van der Waals surface area contributed by atoms with E-state index in [4.69, 9.17) is 0 Å². The minimum atomic E-state index is -0.221. The third-order valence-electron chi connectivity index (χ3n) is 5.00. The standard InChI is InChI=1S/C23H24N4O2/c1-2-21-20(14-24-27(21)15-16-7-4-3-5-8-16)23(29)26-19-10-6-9-17(13-19)22(28)25-18-11-12-18/h3-10,13-14,18H,2,11-12,15H2,1H3,(H,25,28)(H,26,29). The molecule has 0 bridgehead atoms. The van der Waals surface area contributed by atoms with Gasteiger partial charge in [0.25, 0.3) is 11.8 Å². The van der Waals surface area contributed by atoms with Crippen LogP contribution in [0.3, 0.4) is 0 Å². The van der Waals surface area contributed by atoms with E-state index in [2.05, 4.69) is 15.7 Å². The summed E-state index contributed by atoms with van der Waals surface area (Å²) in [4.78, 5) is 25.1. The third-order valence-corrected chi connectivity index (χ3v) is 5.00. The number of rotatable bonds is 7. The highest BCUT2D eigenvalue weighted by molar-refractivity contribution is 6.05. The molecule has 0 spiro atoms. The molecule has 2 aromatic carbocycles. The molecule has 6 heteroatoms. The number of aromatic nitrogens is 2. The maximum atomic E-state index is 12.9. The van der Waals surface area contributed by atoms with E-state index in [0.29, 0.717) is 35.8 Å². The summed E-state index contributed by atoms with van der Waals surface area (Å²) in [5.41, 5.74) is 3.71. The molecule has 0 radical (unpaired) electrons. The number of carbonyl (C=O) groups is 2. The van der Waals surface area contributed by atoms with Crippen LogP contribution in [0.15, 0.2) is 60.8 Å². The molecule has 4 rings (SSSR count). The van der Waals surface area contributed by atoms with Crippen molar-refractivity contribution in [2.45, 2.75) is 38.8 Å². The molecular formula is C23H24N4O2. The lowest BCUT2D eigenvalue weighted by Gasteiger charge is -2.10. The third kappa shape index (κ3) is 4.54. The Balaban J connectivity index is 1.49. The zero-order chi connectivity index (χ0) is 20.2. The van der Waals surface area contributed by atoms with Gasteiger partial charge in [-0.1, -0.05) is 43.3 Å². The van der Waals surface area contributed by atoms with E-state index in [9.17, 15) is 9.59 Å². The number of hydrogen-bond acceptors (Lipinski definition) is 3. The lowest BCUT2D eigenvalue weighted by atomic mass is 10.1. The predicted octanol–water partition coefficient (Wildman–Crippen LogP) is 3.64. The Kier molecular flexibility index (Phi) is 5.42. The second-order valence-electron chi connectivity index (χ2n) is 7.28. The van der Waals surface area contributed by atoms with Crippen molar-refractivity contribution in [1.29, 1.82) is 0 Å². The molecule has 0 atom stereocenters. The number of anilines is 1. The summed E-state index contributed by atoms with van der Waals surface area (Å²) >= 11 is 0. The van der Waals surface area contributed by atoms with Crippen molar-refractivity contribution in [2.24, 2.45) is 0 Å². The highest BCUT2D eigenvalue weighted by atomic mass is 16.2. The molecule has 6 nitrogen and oxygen atoms in total. The Labute approximate surface area is 169 Å². The first kappa shape index (κ1) is 18.9. The van der Waals surface area contributed by atoms with Gasteiger partial charge in [0.05, 0.1) is 24.0 Å². The molecule has 2 N–H and O–H groups in total. The Morgan fingerprint density at radius 1 is 1.07 bits per heavy atom. The van der Waals surface area contributed by atoms with Crippen LogP contribution in [0.4, 0.5) is 5.69 Å². The molecule has 0 saturated heterocycles. The van der Waals surface area contributed by atoms with Gasteiger partial charge in [-0.05, 0) is 43.0 Å². The molecule has 0 unspecified atom stereocenters. The van der Waals surface area contributed by atoms with Gasteiger partial charge in [0.1, 0.15) is 0 Å². The largest absolute Gasteiger partial charge is 0.349 e. The summed E-state index contributed by atoms with van der Waals surface area (Å²) in [5.74, 6) is -0.325. The molecule has 2 amide bonds. The zero-order valence-corrected chi connectivity index (χ0v) is 16.4. The first-order valence-electron chi connectivity index (χ1n) is 9.95. The Bertz CT molecular complexity index is 1020. The fraction of sp³-hybridized carbons (Fsp3) is 0.261. The van der Waals surface area contributed by atoms with Gasteiger partial charge in [0.15, 0.2) is 0 Å². The minimum Gasteiger partial charge on any atom is -0.349 e. The van der Waals surface area contributed by atoms with E-state index in [1.165, 1.54) is 0 Å². The second-order valence-corrected chi connectivity index (χ2v) is 7.28. The maximum absolute atomic E-state index is 12.9. The molecule has 1 heterocycles. The van der Waals surface area contributed by atoms with E-state index in [-0.39, 0.29) is 11.8 Å². The number of carbonyl (C=O) groups excluding carboxylic acids is 2. The first-order valence-corrected chi connectivity index (χ1v) is 9.95. The molecule has 1 aromatic heterocycles. The molecule has 3 aromatic rings. The lowest BCUT2D eigenvalue weighted by molar-refractivity contribution is 0.0949. The van der Waals surface area contributed by atoms with Crippen molar-refractivity contribution in [2.75, 3.05) is 5.32 Å². The molecule has 1 fully saturated rings. The summed E-state index contributed by atoms with van der Waals surface area (Å²) in [6, 6.07) is 17.3. The van der Waals surface area contributed by atoms with Gasteiger partial charge < -0.3 is 10.6 Å². The number of benzene rings is 2. The van der Waals surface area contributed by atoms with Crippen LogP contribution in [-0.4, -0.2) is 27.6 Å². The van der Waals surface area contributed by atoms with Crippen molar-refractivity contribution >= 4 is 17.5 Å². The van der Waals surface area contributed by atoms with E-state index in [0.717, 1.165) is 24.1 Å². The summed E-state index contributed by atoms with van der Waals surface area (Å²) in [5, 5.41) is 10.3.